The highest BCUT2D eigenvalue weighted by Crippen LogP contribution is 2.27. The number of benzene rings is 1. The maximum Gasteiger partial charge on any atom is 0.122 e. The fourth-order valence-corrected chi connectivity index (χ4v) is 2.34. The average molecular weight is 219 g/mol. The SMILES string of the molecule is CNC1CCC(Oc2cccc(C)c2C)C1. The van der Waals surface area contributed by atoms with Crippen LogP contribution in [0.1, 0.15) is 30.4 Å². The van der Waals surface area contributed by atoms with Crippen LogP contribution in [-0.4, -0.2) is 19.2 Å². The van der Waals surface area contributed by atoms with Crippen LogP contribution < -0.4 is 10.1 Å². The van der Waals surface area contributed by atoms with Gasteiger partial charge in [-0.1, -0.05) is 12.1 Å². The maximum absolute atomic E-state index is 6.08. The molecular formula is C14H21NO. The number of ether oxygens (including phenoxy) is 1. The van der Waals surface area contributed by atoms with Crippen molar-refractivity contribution in [3.05, 3.63) is 29.3 Å². The Morgan fingerprint density at radius 1 is 1.25 bits per heavy atom. The van der Waals surface area contributed by atoms with Gasteiger partial charge < -0.3 is 10.1 Å². The van der Waals surface area contributed by atoms with E-state index in [1.807, 2.05) is 7.05 Å². The first kappa shape index (κ1) is 11.5. The molecule has 1 aliphatic rings. The van der Waals surface area contributed by atoms with Crippen LogP contribution >= 0.6 is 0 Å². The lowest BCUT2D eigenvalue weighted by Crippen LogP contribution is -2.23. The van der Waals surface area contributed by atoms with Crippen LogP contribution in [0, 0.1) is 13.8 Å². The Balaban J connectivity index is 2.02. The van der Waals surface area contributed by atoms with Crippen LogP contribution in [-0.2, 0) is 0 Å². The van der Waals surface area contributed by atoms with E-state index >= 15 is 0 Å². The van der Waals surface area contributed by atoms with E-state index in [1.165, 1.54) is 24.0 Å². The molecule has 0 aliphatic heterocycles. The van der Waals surface area contributed by atoms with Gasteiger partial charge in [-0.2, -0.15) is 0 Å². The number of hydrogen-bond acceptors (Lipinski definition) is 2. The third-order valence-electron chi connectivity index (χ3n) is 3.64. The summed E-state index contributed by atoms with van der Waals surface area (Å²) in [5, 5.41) is 3.33. The lowest BCUT2D eigenvalue weighted by Gasteiger charge is -2.16. The molecule has 0 saturated heterocycles. The lowest BCUT2D eigenvalue weighted by molar-refractivity contribution is 0.205. The molecular weight excluding hydrogens is 198 g/mol. The monoisotopic (exact) mass is 219 g/mol. The molecule has 1 fully saturated rings. The third kappa shape index (κ3) is 2.38. The average Bonchev–Trinajstić information content (AvgIpc) is 2.73. The van der Waals surface area contributed by atoms with Crippen LogP contribution in [0.4, 0.5) is 0 Å². The van der Waals surface area contributed by atoms with Gasteiger partial charge in [-0.25, -0.2) is 0 Å². The molecule has 0 spiro atoms. The number of aryl methyl sites for hydroxylation is 1. The zero-order chi connectivity index (χ0) is 11.5. The van der Waals surface area contributed by atoms with Gasteiger partial charge in [0, 0.05) is 6.04 Å². The van der Waals surface area contributed by atoms with Gasteiger partial charge in [0.05, 0.1) is 0 Å². The minimum atomic E-state index is 0.387. The molecule has 2 unspecified atom stereocenters. The molecule has 2 atom stereocenters. The molecule has 1 N–H and O–H groups in total. The highest BCUT2D eigenvalue weighted by Gasteiger charge is 2.25. The van der Waals surface area contributed by atoms with Crippen LogP contribution in [0.25, 0.3) is 0 Å². The Labute approximate surface area is 98.0 Å². The van der Waals surface area contributed by atoms with Gasteiger partial charge in [-0.05, 0) is 57.4 Å². The standard InChI is InChI=1S/C14H21NO/c1-10-5-4-6-14(11(10)2)16-13-8-7-12(9-13)15-3/h4-6,12-13,15H,7-9H2,1-3H3. The quantitative estimate of drug-likeness (QED) is 0.844. The molecule has 0 amide bonds. The van der Waals surface area contributed by atoms with Crippen LogP contribution in [0.15, 0.2) is 18.2 Å². The third-order valence-corrected chi connectivity index (χ3v) is 3.64. The topological polar surface area (TPSA) is 21.3 Å². The lowest BCUT2D eigenvalue weighted by atomic mass is 10.1. The van der Waals surface area contributed by atoms with Crippen molar-refractivity contribution in [1.82, 2.24) is 5.32 Å². The smallest absolute Gasteiger partial charge is 0.122 e. The van der Waals surface area contributed by atoms with Crippen molar-refractivity contribution >= 4 is 0 Å². The van der Waals surface area contributed by atoms with E-state index < -0.39 is 0 Å². The number of hydrogen-bond donors (Lipinski definition) is 1. The van der Waals surface area contributed by atoms with Crippen molar-refractivity contribution in [2.45, 2.75) is 45.3 Å². The molecule has 0 radical (unpaired) electrons. The second-order valence-electron chi connectivity index (χ2n) is 4.74. The molecule has 2 rings (SSSR count). The Morgan fingerprint density at radius 3 is 2.75 bits per heavy atom. The molecule has 1 aromatic carbocycles. The molecule has 16 heavy (non-hydrogen) atoms. The van der Waals surface area contributed by atoms with E-state index in [0.29, 0.717) is 12.1 Å². The largest absolute Gasteiger partial charge is 0.490 e. The van der Waals surface area contributed by atoms with Crippen LogP contribution in [0.2, 0.25) is 0 Å². The summed E-state index contributed by atoms with van der Waals surface area (Å²) in [5.41, 5.74) is 2.58. The Kier molecular flexibility index (Phi) is 3.49. The first-order valence-corrected chi connectivity index (χ1v) is 6.11. The van der Waals surface area contributed by atoms with E-state index in [9.17, 15) is 0 Å². The fraction of sp³-hybridized carbons (Fsp3) is 0.571. The molecule has 88 valence electrons. The van der Waals surface area contributed by atoms with E-state index in [2.05, 4.69) is 37.4 Å². The Bertz CT molecular complexity index is 362. The molecule has 1 saturated carbocycles. The summed E-state index contributed by atoms with van der Waals surface area (Å²) in [6.45, 7) is 4.27. The van der Waals surface area contributed by atoms with Crippen LogP contribution in [0.5, 0.6) is 5.75 Å². The Hall–Kier alpha value is -1.02. The van der Waals surface area contributed by atoms with Gasteiger partial charge in [-0.3, -0.25) is 0 Å². The van der Waals surface area contributed by atoms with Crippen molar-refractivity contribution in [3.63, 3.8) is 0 Å². The van der Waals surface area contributed by atoms with Crippen LogP contribution in [0.3, 0.4) is 0 Å². The summed E-state index contributed by atoms with van der Waals surface area (Å²) in [6, 6.07) is 6.92. The summed E-state index contributed by atoms with van der Waals surface area (Å²) in [6.07, 6.45) is 3.91. The summed E-state index contributed by atoms with van der Waals surface area (Å²) in [5.74, 6) is 1.06. The molecule has 2 heteroatoms. The molecule has 0 bridgehead atoms. The Morgan fingerprint density at radius 2 is 2.06 bits per heavy atom. The van der Waals surface area contributed by atoms with Gasteiger partial charge >= 0.3 is 0 Å². The normalized spacial score (nSPS) is 24.7. The van der Waals surface area contributed by atoms with E-state index in [-0.39, 0.29) is 0 Å². The minimum Gasteiger partial charge on any atom is -0.490 e. The molecule has 1 aromatic rings. The van der Waals surface area contributed by atoms with E-state index in [4.69, 9.17) is 4.74 Å². The van der Waals surface area contributed by atoms with Gasteiger partial charge in [-0.15, -0.1) is 0 Å². The first-order valence-electron chi connectivity index (χ1n) is 6.11. The van der Waals surface area contributed by atoms with Crippen molar-refractivity contribution in [1.29, 1.82) is 0 Å². The summed E-state index contributed by atoms with van der Waals surface area (Å²) in [7, 11) is 2.03. The van der Waals surface area contributed by atoms with Crippen molar-refractivity contribution < 1.29 is 4.74 Å². The number of rotatable bonds is 3. The van der Waals surface area contributed by atoms with Gasteiger partial charge in [0.25, 0.3) is 0 Å². The predicted molar refractivity (Wildman–Crippen MR) is 67.0 cm³/mol. The fourth-order valence-electron chi connectivity index (χ4n) is 2.34. The first-order chi connectivity index (χ1) is 7.70. The molecule has 0 aromatic heterocycles. The van der Waals surface area contributed by atoms with E-state index in [1.54, 1.807) is 0 Å². The van der Waals surface area contributed by atoms with Gasteiger partial charge in [0.2, 0.25) is 0 Å². The summed E-state index contributed by atoms with van der Waals surface area (Å²) < 4.78 is 6.08. The van der Waals surface area contributed by atoms with Crippen molar-refractivity contribution in [2.75, 3.05) is 7.05 Å². The number of nitrogens with one attached hydrogen (secondary N) is 1. The van der Waals surface area contributed by atoms with Gasteiger partial charge in [0.1, 0.15) is 11.9 Å². The van der Waals surface area contributed by atoms with Crippen molar-refractivity contribution in [3.8, 4) is 5.75 Å². The second kappa shape index (κ2) is 4.88. The summed E-state index contributed by atoms with van der Waals surface area (Å²) >= 11 is 0. The molecule has 2 nitrogen and oxygen atoms in total. The zero-order valence-electron chi connectivity index (χ0n) is 10.4. The van der Waals surface area contributed by atoms with E-state index in [0.717, 1.165) is 12.2 Å². The summed E-state index contributed by atoms with van der Waals surface area (Å²) in [4.78, 5) is 0. The molecule has 0 heterocycles. The van der Waals surface area contributed by atoms with Crippen molar-refractivity contribution in [2.24, 2.45) is 0 Å². The molecule has 1 aliphatic carbocycles. The highest BCUT2D eigenvalue weighted by atomic mass is 16.5. The second-order valence-corrected chi connectivity index (χ2v) is 4.74. The highest BCUT2D eigenvalue weighted by molar-refractivity contribution is 5.38. The zero-order valence-corrected chi connectivity index (χ0v) is 10.4. The maximum atomic E-state index is 6.08. The van der Waals surface area contributed by atoms with Gasteiger partial charge in [0.15, 0.2) is 0 Å². The predicted octanol–water partition coefficient (Wildman–Crippen LogP) is 2.82. The minimum absolute atomic E-state index is 0.387.